The highest BCUT2D eigenvalue weighted by Crippen LogP contribution is 2.18. The van der Waals surface area contributed by atoms with Crippen molar-refractivity contribution in [3.05, 3.63) is 11.6 Å². The number of rotatable bonds is 1. The molecule has 1 fully saturated rings. The summed E-state index contributed by atoms with van der Waals surface area (Å²) >= 11 is 0. The van der Waals surface area contributed by atoms with Gasteiger partial charge in [-0.05, 0) is 19.3 Å². The SMILES string of the molecule is NC(=O)/C=C1/CCCCC1=O. The fraction of sp³-hybridized carbons (Fsp3) is 0.500. The molecule has 0 radical (unpaired) electrons. The second-order valence-corrected chi connectivity index (χ2v) is 2.70. The number of allylic oxidation sites excluding steroid dienone is 1. The lowest BCUT2D eigenvalue weighted by atomic mass is 9.93. The third kappa shape index (κ3) is 2.18. The van der Waals surface area contributed by atoms with E-state index in [0.29, 0.717) is 18.4 Å². The Hall–Kier alpha value is -1.12. The van der Waals surface area contributed by atoms with E-state index in [1.54, 1.807) is 0 Å². The van der Waals surface area contributed by atoms with Gasteiger partial charge in [-0.25, -0.2) is 0 Å². The number of amides is 1. The van der Waals surface area contributed by atoms with Crippen LogP contribution in [0.1, 0.15) is 25.7 Å². The van der Waals surface area contributed by atoms with E-state index in [1.807, 2.05) is 0 Å². The van der Waals surface area contributed by atoms with Crippen LogP contribution in [0.3, 0.4) is 0 Å². The molecule has 60 valence electrons. The van der Waals surface area contributed by atoms with Gasteiger partial charge in [-0.3, -0.25) is 9.59 Å². The highest BCUT2D eigenvalue weighted by atomic mass is 16.1. The minimum atomic E-state index is -0.518. The van der Waals surface area contributed by atoms with Crippen molar-refractivity contribution in [1.82, 2.24) is 0 Å². The summed E-state index contributed by atoms with van der Waals surface area (Å²) in [5, 5.41) is 0. The predicted molar refractivity (Wildman–Crippen MR) is 40.8 cm³/mol. The van der Waals surface area contributed by atoms with Crippen molar-refractivity contribution in [2.45, 2.75) is 25.7 Å². The molecular weight excluding hydrogens is 142 g/mol. The van der Waals surface area contributed by atoms with Crippen LogP contribution in [0.4, 0.5) is 0 Å². The number of hydrogen-bond acceptors (Lipinski definition) is 2. The number of Topliss-reactive ketones (excluding diaryl/α,β-unsaturated/α-hetero) is 1. The maximum Gasteiger partial charge on any atom is 0.241 e. The Balaban J connectivity index is 2.68. The van der Waals surface area contributed by atoms with E-state index in [4.69, 9.17) is 5.73 Å². The van der Waals surface area contributed by atoms with E-state index in [1.165, 1.54) is 6.08 Å². The van der Waals surface area contributed by atoms with Crippen LogP contribution in [0.2, 0.25) is 0 Å². The first-order valence-corrected chi connectivity index (χ1v) is 3.73. The van der Waals surface area contributed by atoms with Crippen molar-refractivity contribution in [2.75, 3.05) is 0 Å². The monoisotopic (exact) mass is 153 g/mol. The molecule has 0 bridgehead atoms. The van der Waals surface area contributed by atoms with Gasteiger partial charge in [0.2, 0.25) is 5.91 Å². The average molecular weight is 153 g/mol. The highest BCUT2D eigenvalue weighted by Gasteiger charge is 2.14. The van der Waals surface area contributed by atoms with Crippen molar-refractivity contribution in [1.29, 1.82) is 0 Å². The molecule has 3 nitrogen and oxygen atoms in total. The first-order valence-electron chi connectivity index (χ1n) is 3.73. The molecule has 1 aliphatic rings. The summed E-state index contributed by atoms with van der Waals surface area (Å²) in [4.78, 5) is 21.5. The first kappa shape index (κ1) is 7.98. The van der Waals surface area contributed by atoms with Crippen molar-refractivity contribution >= 4 is 11.7 Å². The Kier molecular flexibility index (Phi) is 2.41. The van der Waals surface area contributed by atoms with Crippen LogP contribution in [-0.2, 0) is 9.59 Å². The summed E-state index contributed by atoms with van der Waals surface area (Å²) in [6, 6.07) is 0. The maximum absolute atomic E-state index is 11.1. The van der Waals surface area contributed by atoms with E-state index >= 15 is 0 Å². The molecule has 0 heterocycles. The second-order valence-electron chi connectivity index (χ2n) is 2.70. The predicted octanol–water partition coefficient (Wildman–Crippen LogP) is 0.541. The molecule has 1 aliphatic carbocycles. The lowest BCUT2D eigenvalue weighted by Gasteiger charge is -2.10. The highest BCUT2D eigenvalue weighted by molar-refractivity contribution is 6.02. The molecule has 0 aromatic rings. The van der Waals surface area contributed by atoms with Crippen molar-refractivity contribution in [2.24, 2.45) is 5.73 Å². The quantitative estimate of drug-likeness (QED) is 0.559. The van der Waals surface area contributed by atoms with Crippen LogP contribution in [0, 0.1) is 0 Å². The molecule has 3 heteroatoms. The number of ketones is 1. The standard InChI is InChI=1S/C8H11NO2/c9-8(11)5-6-3-1-2-4-7(6)10/h5H,1-4H2,(H2,9,11)/b6-5-. The zero-order valence-electron chi connectivity index (χ0n) is 6.30. The van der Waals surface area contributed by atoms with Crippen molar-refractivity contribution in [3.8, 4) is 0 Å². The Bertz CT molecular complexity index is 218. The van der Waals surface area contributed by atoms with Gasteiger partial charge in [0, 0.05) is 18.1 Å². The fourth-order valence-corrected chi connectivity index (χ4v) is 1.23. The number of hydrogen-bond donors (Lipinski definition) is 1. The van der Waals surface area contributed by atoms with E-state index in [-0.39, 0.29) is 5.78 Å². The zero-order valence-corrected chi connectivity index (χ0v) is 6.30. The molecule has 0 saturated heterocycles. The summed E-state index contributed by atoms with van der Waals surface area (Å²) in [6.07, 6.45) is 4.46. The van der Waals surface area contributed by atoms with E-state index < -0.39 is 5.91 Å². The van der Waals surface area contributed by atoms with Gasteiger partial charge >= 0.3 is 0 Å². The summed E-state index contributed by atoms with van der Waals surface area (Å²) in [5.74, 6) is -0.440. The van der Waals surface area contributed by atoms with E-state index in [9.17, 15) is 9.59 Å². The minimum absolute atomic E-state index is 0.0788. The van der Waals surface area contributed by atoms with E-state index in [0.717, 1.165) is 12.8 Å². The number of carbonyl (C=O) groups is 2. The lowest BCUT2D eigenvalue weighted by molar-refractivity contribution is -0.117. The van der Waals surface area contributed by atoms with Crippen LogP contribution >= 0.6 is 0 Å². The van der Waals surface area contributed by atoms with Crippen LogP contribution in [0.15, 0.2) is 11.6 Å². The van der Waals surface area contributed by atoms with Gasteiger partial charge in [-0.1, -0.05) is 0 Å². The Morgan fingerprint density at radius 3 is 2.55 bits per heavy atom. The van der Waals surface area contributed by atoms with Crippen molar-refractivity contribution < 1.29 is 9.59 Å². The van der Waals surface area contributed by atoms with Gasteiger partial charge in [0.1, 0.15) is 0 Å². The average Bonchev–Trinajstić information content (AvgIpc) is 1.93. The molecule has 1 amide bonds. The van der Waals surface area contributed by atoms with Gasteiger partial charge in [-0.15, -0.1) is 0 Å². The Morgan fingerprint density at radius 2 is 2.00 bits per heavy atom. The first-order chi connectivity index (χ1) is 5.20. The number of nitrogens with two attached hydrogens (primary N) is 1. The Labute approximate surface area is 65.3 Å². The largest absolute Gasteiger partial charge is 0.366 e. The summed E-state index contributed by atoms with van der Waals surface area (Å²) < 4.78 is 0. The molecule has 0 unspecified atom stereocenters. The summed E-state index contributed by atoms with van der Waals surface area (Å²) in [6.45, 7) is 0. The van der Waals surface area contributed by atoms with Gasteiger partial charge < -0.3 is 5.73 Å². The molecule has 0 aromatic heterocycles. The topological polar surface area (TPSA) is 60.2 Å². The van der Waals surface area contributed by atoms with Gasteiger partial charge in [0.05, 0.1) is 0 Å². The van der Waals surface area contributed by atoms with Gasteiger partial charge in [0.25, 0.3) is 0 Å². The van der Waals surface area contributed by atoms with Gasteiger partial charge in [0.15, 0.2) is 5.78 Å². The molecule has 1 rings (SSSR count). The van der Waals surface area contributed by atoms with Crippen LogP contribution in [0.25, 0.3) is 0 Å². The summed E-state index contributed by atoms with van der Waals surface area (Å²) in [5.41, 5.74) is 5.52. The van der Waals surface area contributed by atoms with Crippen LogP contribution in [0.5, 0.6) is 0 Å². The number of primary amides is 1. The molecule has 0 spiro atoms. The molecule has 0 aliphatic heterocycles. The third-order valence-electron chi connectivity index (χ3n) is 1.77. The fourth-order valence-electron chi connectivity index (χ4n) is 1.23. The molecular formula is C8H11NO2. The summed E-state index contributed by atoms with van der Waals surface area (Å²) in [7, 11) is 0. The molecule has 11 heavy (non-hydrogen) atoms. The third-order valence-corrected chi connectivity index (χ3v) is 1.77. The number of carbonyl (C=O) groups excluding carboxylic acids is 2. The van der Waals surface area contributed by atoms with Crippen LogP contribution in [-0.4, -0.2) is 11.7 Å². The second kappa shape index (κ2) is 3.32. The van der Waals surface area contributed by atoms with Crippen molar-refractivity contribution in [3.63, 3.8) is 0 Å². The van der Waals surface area contributed by atoms with Crippen LogP contribution < -0.4 is 5.73 Å². The maximum atomic E-state index is 11.1. The Morgan fingerprint density at radius 1 is 1.36 bits per heavy atom. The molecule has 1 saturated carbocycles. The normalized spacial score (nSPS) is 22.2. The van der Waals surface area contributed by atoms with E-state index in [2.05, 4.69) is 0 Å². The minimum Gasteiger partial charge on any atom is -0.366 e. The zero-order chi connectivity index (χ0) is 8.27. The van der Waals surface area contributed by atoms with Gasteiger partial charge in [-0.2, -0.15) is 0 Å². The molecule has 2 N–H and O–H groups in total. The molecule has 0 aromatic carbocycles. The lowest BCUT2D eigenvalue weighted by Crippen LogP contribution is -2.14. The molecule has 0 atom stereocenters. The smallest absolute Gasteiger partial charge is 0.241 e.